The number of nitrogens with two attached hydrogens (primary N) is 1. The maximum absolute atomic E-state index is 3.78. The van der Waals surface area contributed by atoms with Crippen LogP contribution in [-0.4, -0.2) is 12.1 Å². The topological polar surface area (TPSA) is 16.6 Å². The Morgan fingerprint density at radius 3 is 2.78 bits per heavy atom. The van der Waals surface area contributed by atoms with E-state index in [2.05, 4.69) is 24.9 Å². The van der Waals surface area contributed by atoms with Gasteiger partial charge in [0.15, 0.2) is 0 Å². The average Bonchev–Trinajstić information content (AvgIpc) is 2.34. The van der Waals surface area contributed by atoms with E-state index >= 15 is 0 Å². The van der Waals surface area contributed by atoms with Crippen LogP contribution in [0.25, 0.3) is 0 Å². The maximum Gasteiger partial charge on any atom is 0.105 e. The molecule has 2 N–H and O–H groups in total. The first-order valence-corrected chi connectivity index (χ1v) is 3.84. The second-order valence-corrected chi connectivity index (χ2v) is 2.84. The molecule has 0 radical (unpaired) electrons. The summed E-state index contributed by atoms with van der Waals surface area (Å²) in [4.78, 5) is 0. The molecule has 0 aliphatic carbocycles. The predicted molar refractivity (Wildman–Crippen MR) is 39.2 cm³/mol. The predicted octanol–water partition coefficient (Wildman–Crippen LogP) is 0.677. The van der Waals surface area contributed by atoms with Gasteiger partial charge in [-0.05, 0) is 12.5 Å². The van der Waals surface area contributed by atoms with Gasteiger partial charge in [0.2, 0.25) is 0 Å². The van der Waals surface area contributed by atoms with Crippen LogP contribution in [0.4, 0.5) is 0 Å². The van der Waals surface area contributed by atoms with Crippen molar-refractivity contribution >= 4 is 0 Å². The van der Waals surface area contributed by atoms with Crippen LogP contribution >= 0.6 is 0 Å². The van der Waals surface area contributed by atoms with Crippen LogP contribution < -0.4 is 5.32 Å². The van der Waals surface area contributed by atoms with Crippen LogP contribution in [0.5, 0.6) is 0 Å². The zero-order chi connectivity index (χ0) is 6.69. The largest absolute Gasteiger partial charge is 0.338 e. The smallest absolute Gasteiger partial charge is 0.105 e. The van der Waals surface area contributed by atoms with Crippen molar-refractivity contribution in [2.24, 2.45) is 0 Å². The zero-order valence-corrected chi connectivity index (χ0v) is 6.14. The third-order valence-electron chi connectivity index (χ3n) is 2.22. The Balaban J connectivity index is 2.28. The Morgan fingerprint density at radius 2 is 2.44 bits per heavy atom. The molecule has 0 aromatic heterocycles. The van der Waals surface area contributed by atoms with Crippen LogP contribution in [0.15, 0.2) is 12.7 Å². The Hall–Kier alpha value is -0.300. The number of quaternary nitrogens is 1. The lowest BCUT2D eigenvalue weighted by Crippen LogP contribution is -2.90. The molecule has 1 heterocycles. The molecule has 0 bridgehead atoms. The molecule has 1 rings (SSSR count). The molecule has 52 valence electrons. The first kappa shape index (κ1) is 6.81. The van der Waals surface area contributed by atoms with Gasteiger partial charge in [0.1, 0.15) is 6.04 Å². The van der Waals surface area contributed by atoms with E-state index in [1.165, 1.54) is 19.3 Å². The first-order valence-electron chi connectivity index (χ1n) is 3.84. The summed E-state index contributed by atoms with van der Waals surface area (Å²) in [6.07, 6.45) is 6.09. The molecular formula is C8H16N+. The highest BCUT2D eigenvalue weighted by Gasteiger charge is 2.23. The fraction of sp³-hybridized carbons (Fsp3) is 0.750. The van der Waals surface area contributed by atoms with E-state index in [0.717, 1.165) is 12.1 Å². The monoisotopic (exact) mass is 126 g/mol. The van der Waals surface area contributed by atoms with E-state index in [-0.39, 0.29) is 0 Å². The molecule has 0 spiro atoms. The van der Waals surface area contributed by atoms with Gasteiger partial charge in [-0.2, -0.15) is 0 Å². The van der Waals surface area contributed by atoms with E-state index in [9.17, 15) is 0 Å². The molecule has 1 aliphatic rings. The Bertz CT molecular complexity index is 98.7. The summed E-state index contributed by atoms with van der Waals surface area (Å²) in [7, 11) is 0. The summed E-state index contributed by atoms with van der Waals surface area (Å²) in [5.41, 5.74) is 0. The van der Waals surface area contributed by atoms with E-state index < -0.39 is 0 Å². The molecule has 1 nitrogen and oxygen atoms in total. The minimum Gasteiger partial charge on any atom is -0.338 e. The fourth-order valence-corrected chi connectivity index (χ4v) is 1.49. The van der Waals surface area contributed by atoms with E-state index in [0.29, 0.717) is 0 Å². The lowest BCUT2D eigenvalue weighted by atomic mass is 10.1. The molecule has 1 aliphatic heterocycles. The van der Waals surface area contributed by atoms with Gasteiger partial charge in [-0.15, -0.1) is 0 Å². The van der Waals surface area contributed by atoms with Crippen LogP contribution in [0.1, 0.15) is 26.2 Å². The standard InChI is InChI=1S/C8H15N/c1-3-7-5-6-8(4-2)9-7/h3,7-9H,1,4-6H2,2H3/p+1/t7?,8-/m1/s1. The van der Waals surface area contributed by atoms with Crippen LogP contribution in [-0.2, 0) is 0 Å². The molecule has 1 heteroatoms. The van der Waals surface area contributed by atoms with Crippen molar-refractivity contribution in [3.8, 4) is 0 Å². The van der Waals surface area contributed by atoms with Gasteiger partial charge in [0.05, 0.1) is 6.04 Å². The van der Waals surface area contributed by atoms with Crippen LogP contribution in [0, 0.1) is 0 Å². The number of rotatable bonds is 2. The van der Waals surface area contributed by atoms with Crippen molar-refractivity contribution in [1.29, 1.82) is 0 Å². The second-order valence-electron chi connectivity index (χ2n) is 2.84. The first-order chi connectivity index (χ1) is 4.36. The SMILES string of the molecule is C=CC1CC[C@@H](CC)[NH2+]1. The number of hydrogen-bond donors (Lipinski definition) is 1. The van der Waals surface area contributed by atoms with E-state index in [4.69, 9.17) is 0 Å². The molecular weight excluding hydrogens is 110 g/mol. The molecule has 0 saturated carbocycles. The van der Waals surface area contributed by atoms with Gasteiger partial charge in [0, 0.05) is 12.8 Å². The van der Waals surface area contributed by atoms with Crippen molar-refractivity contribution in [3.63, 3.8) is 0 Å². The third kappa shape index (κ3) is 1.55. The van der Waals surface area contributed by atoms with Crippen molar-refractivity contribution in [1.82, 2.24) is 0 Å². The molecule has 9 heavy (non-hydrogen) atoms. The maximum atomic E-state index is 3.78. The van der Waals surface area contributed by atoms with Gasteiger partial charge >= 0.3 is 0 Å². The summed E-state index contributed by atoms with van der Waals surface area (Å²) in [6, 6.07) is 1.60. The Labute approximate surface area is 57.1 Å². The summed E-state index contributed by atoms with van der Waals surface area (Å²) in [5, 5.41) is 2.44. The minimum atomic E-state index is 0.718. The highest BCUT2D eigenvalue weighted by molar-refractivity contribution is 4.81. The van der Waals surface area contributed by atoms with E-state index in [1.54, 1.807) is 0 Å². The highest BCUT2D eigenvalue weighted by Crippen LogP contribution is 2.06. The lowest BCUT2D eigenvalue weighted by molar-refractivity contribution is -0.692. The minimum absolute atomic E-state index is 0.718. The zero-order valence-electron chi connectivity index (χ0n) is 6.14. The summed E-state index contributed by atoms with van der Waals surface area (Å²) < 4.78 is 0. The molecule has 2 atom stereocenters. The van der Waals surface area contributed by atoms with E-state index in [1.807, 2.05) is 0 Å². The summed E-state index contributed by atoms with van der Waals surface area (Å²) in [5.74, 6) is 0. The van der Waals surface area contributed by atoms with Gasteiger partial charge in [0.25, 0.3) is 0 Å². The van der Waals surface area contributed by atoms with Crippen molar-refractivity contribution in [3.05, 3.63) is 12.7 Å². The molecule has 0 aromatic rings. The second kappa shape index (κ2) is 3.02. The Morgan fingerprint density at radius 1 is 1.67 bits per heavy atom. The normalized spacial score (nSPS) is 34.8. The van der Waals surface area contributed by atoms with Crippen molar-refractivity contribution in [2.45, 2.75) is 38.3 Å². The van der Waals surface area contributed by atoms with Crippen LogP contribution in [0.2, 0.25) is 0 Å². The van der Waals surface area contributed by atoms with Gasteiger partial charge in [-0.1, -0.05) is 13.5 Å². The average molecular weight is 126 g/mol. The van der Waals surface area contributed by atoms with Gasteiger partial charge < -0.3 is 5.32 Å². The summed E-state index contributed by atoms with van der Waals surface area (Å²) in [6.45, 7) is 6.04. The Kier molecular flexibility index (Phi) is 2.29. The van der Waals surface area contributed by atoms with Gasteiger partial charge in [-0.3, -0.25) is 0 Å². The molecule has 0 aromatic carbocycles. The molecule has 1 unspecified atom stereocenters. The summed E-state index contributed by atoms with van der Waals surface area (Å²) >= 11 is 0. The van der Waals surface area contributed by atoms with Crippen molar-refractivity contribution < 1.29 is 5.32 Å². The lowest BCUT2D eigenvalue weighted by Gasteiger charge is -2.03. The van der Waals surface area contributed by atoms with Crippen LogP contribution in [0.3, 0.4) is 0 Å². The molecule has 0 amide bonds. The van der Waals surface area contributed by atoms with Crippen molar-refractivity contribution in [2.75, 3.05) is 0 Å². The third-order valence-corrected chi connectivity index (χ3v) is 2.22. The molecule has 1 saturated heterocycles. The molecule has 1 fully saturated rings. The van der Waals surface area contributed by atoms with Gasteiger partial charge in [-0.25, -0.2) is 0 Å². The fourth-order valence-electron chi connectivity index (χ4n) is 1.49. The number of hydrogen-bond acceptors (Lipinski definition) is 0. The quantitative estimate of drug-likeness (QED) is 0.524. The highest BCUT2D eigenvalue weighted by atomic mass is 15.0.